The number of ether oxygens (including phenoxy) is 1. The first-order valence-electron chi connectivity index (χ1n) is 9.37. The maximum atomic E-state index is 13.3. The summed E-state index contributed by atoms with van der Waals surface area (Å²) in [5.74, 6) is 0.704. The van der Waals surface area contributed by atoms with Crippen molar-refractivity contribution in [3.63, 3.8) is 0 Å². The molecule has 1 heterocycles. The Labute approximate surface area is 182 Å². The number of rotatable bonds is 7. The molecule has 0 unspecified atom stereocenters. The number of nitrogens with zero attached hydrogens (tertiary/aromatic N) is 3. The Morgan fingerprint density at radius 2 is 1.72 bits per heavy atom. The van der Waals surface area contributed by atoms with E-state index in [1.807, 2.05) is 38.4 Å². The van der Waals surface area contributed by atoms with Crippen LogP contribution in [0.5, 0.6) is 5.75 Å². The topological polar surface area (TPSA) is 45.7 Å². The highest BCUT2D eigenvalue weighted by Gasteiger charge is 2.21. The SMILES string of the molecule is COc1ccc(C(=O)N(CCCN(C)C)c2nc3cc(C)c(C)cc3s2)cc1.Cl. The van der Waals surface area contributed by atoms with Gasteiger partial charge in [0.2, 0.25) is 0 Å². The number of thiazole rings is 1. The molecular weight excluding hydrogens is 406 g/mol. The summed E-state index contributed by atoms with van der Waals surface area (Å²) >= 11 is 1.57. The number of aromatic nitrogens is 1. The second-order valence-corrected chi connectivity index (χ2v) is 8.25. The molecule has 0 bridgehead atoms. The lowest BCUT2D eigenvalue weighted by Crippen LogP contribution is -2.33. The molecule has 3 rings (SSSR count). The monoisotopic (exact) mass is 433 g/mol. The van der Waals surface area contributed by atoms with Gasteiger partial charge >= 0.3 is 0 Å². The van der Waals surface area contributed by atoms with E-state index < -0.39 is 0 Å². The Hall–Kier alpha value is -2.15. The van der Waals surface area contributed by atoms with E-state index in [4.69, 9.17) is 9.72 Å². The van der Waals surface area contributed by atoms with Gasteiger partial charge in [-0.3, -0.25) is 9.69 Å². The van der Waals surface area contributed by atoms with E-state index >= 15 is 0 Å². The molecule has 29 heavy (non-hydrogen) atoms. The number of amides is 1. The molecule has 0 aliphatic heterocycles. The number of hydrogen-bond acceptors (Lipinski definition) is 5. The normalized spacial score (nSPS) is 10.8. The maximum absolute atomic E-state index is 13.3. The molecule has 0 saturated carbocycles. The predicted octanol–water partition coefficient (Wildman–Crippen LogP) is 4.94. The molecule has 156 valence electrons. The molecule has 0 saturated heterocycles. The van der Waals surface area contributed by atoms with Gasteiger partial charge in [-0.05, 0) is 88.4 Å². The van der Waals surface area contributed by atoms with Crippen molar-refractivity contribution < 1.29 is 9.53 Å². The van der Waals surface area contributed by atoms with Gasteiger partial charge in [-0.25, -0.2) is 4.98 Å². The van der Waals surface area contributed by atoms with Crippen molar-refractivity contribution in [1.82, 2.24) is 9.88 Å². The van der Waals surface area contributed by atoms with E-state index in [1.54, 1.807) is 23.3 Å². The number of fused-ring (bicyclic) bond motifs is 1. The summed E-state index contributed by atoms with van der Waals surface area (Å²) < 4.78 is 6.32. The van der Waals surface area contributed by atoms with Crippen molar-refractivity contribution in [2.24, 2.45) is 0 Å². The molecule has 0 atom stereocenters. The van der Waals surface area contributed by atoms with E-state index in [2.05, 4.69) is 30.9 Å². The maximum Gasteiger partial charge on any atom is 0.260 e. The van der Waals surface area contributed by atoms with Crippen molar-refractivity contribution in [2.45, 2.75) is 20.3 Å². The standard InChI is InChI=1S/C22H27N3O2S.ClH/c1-15-13-19-20(14-16(15)2)28-22(23-19)25(12-6-11-24(3)4)21(26)17-7-9-18(27-5)10-8-17;/h7-10,13-14H,6,11-12H2,1-5H3;1H. The van der Waals surface area contributed by atoms with E-state index in [9.17, 15) is 4.79 Å². The van der Waals surface area contributed by atoms with E-state index in [0.29, 0.717) is 12.1 Å². The fraction of sp³-hybridized carbons (Fsp3) is 0.364. The quantitative estimate of drug-likeness (QED) is 0.529. The molecule has 5 nitrogen and oxygen atoms in total. The summed E-state index contributed by atoms with van der Waals surface area (Å²) in [6.45, 7) is 5.73. The highest BCUT2D eigenvalue weighted by Crippen LogP contribution is 2.32. The van der Waals surface area contributed by atoms with Gasteiger partial charge in [0.1, 0.15) is 5.75 Å². The summed E-state index contributed by atoms with van der Waals surface area (Å²) in [4.78, 5) is 22.0. The van der Waals surface area contributed by atoms with Gasteiger partial charge in [0, 0.05) is 12.1 Å². The summed E-state index contributed by atoms with van der Waals surface area (Å²) in [7, 11) is 5.70. The first-order chi connectivity index (χ1) is 13.4. The Bertz CT molecular complexity index is 931. The fourth-order valence-electron chi connectivity index (χ4n) is 3.00. The average Bonchev–Trinajstić information content (AvgIpc) is 3.07. The van der Waals surface area contributed by atoms with Crippen LogP contribution in [-0.4, -0.2) is 50.1 Å². The lowest BCUT2D eigenvalue weighted by atomic mass is 10.1. The summed E-state index contributed by atoms with van der Waals surface area (Å²) in [5.41, 5.74) is 4.04. The van der Waals surface area contributed by atoms with E-state index in [0.717, 1.165) is 34.1 Å². The van der Waals surface area contributed by atoms with Crippen LogP contribution >= 0.6 is 23.7 Å². The first kappa shape index (κ1) is 23.1. The molecule has 2 aromatic carbocycles. The van der Waals surface area contributed by atoms with E-state index in [1.165, 1.54) is 11.1 Å². The molecule has 1 aromatic heterocycles. The zero-order valence-electron chi connectivity index (χ0n) is 17.6. The largest absolute Gasteiger partial charge is 0.497 e. The smallest absolute Gasteiger partial charge is 0.260 e. The third-order valence-electron chi connectivity index (χ3n) is 4.79. The third-order valence-corrected chi connectivity index (χ3v) is 5.83. The lowest BCUT2D eigenvalue weighted by Gasteiger charge is -2.21. The highest BCUT2D eigenvalue weighted by atomic mass is 35.5. The van der Waals surface area contributed by atoms with Crippen LogP contribution in [0.2, 0.25) is 0 Å². The molecule has 0 N–H and O–H groups in total. The first-order valence-corrected chi connectivity index (χ1v) is 10.2. The van der Waals surface area contributed by atoms with Crippen molar-refractivity contribution in [2.75, 3.05) is 39.2 Å². The van der Waals surface area contributed by atoms with Crippen LogP contribution < -0.4 is 9.64 Å². The molecule has 0 aliphatic rings. The number of carbonyl (C=O) groups excluding carboxylic acids is 1. The van der Waals surface area contributed by atoms with Crippen molar-refractivity contribution in [3.8, 4) is 5.75 Å². The summed E-state index contributed by atoms with van der Waals surface area (Å²) in [6, 6.07) is 11.5. The molecule has 3 aromatic rings. The molecular formula is C22H28ClN3O2S. The minimum Gasteiger partial charge on any atom is -0.497 e. The van der Waals surface area contributed by atoms with Crippen molar-refractivity contribution in [1.29, 1.82) is 0 Å². The van der Waals surface area contributed by atoms with Crippen molar-refractivity contribution in [3.05, 3.63) is 53.1 Å². The van der Waals surface area contributed by atoms with Gasteiger partial charge in [-0.1, -0.05) is 11.3 Å². The Balaban J connectivity index is 0.00000300. The van der Waals surface area contributed by atoms with Gasteiger partial charge in [0.15, 0.2) is 5.13 Å². The van der Waals surface area contributed by atoms with Crippen LogP contribution in [-0.2, 0) is 0 Å². The van der Waals surface area contributed by atoms with Gasteiger partial charge in [-0.2, -0.15) is 0 Å². The minimum atomic E-state index is -0.0334. The zero-order chi connectivity index (χ0) is 20.3. The van der Waals surface area contributed by atoms with Crippen LogP contribution in [0.3, 0.4) is 0 Å². The average molecular weight is 434 g/mol. The number of halogens is 1. The lowest BCUT2D eigenvalue weighted by molar-refractivity contribution is 0.0986. The summed E-state index contributed by atoms with van der Waals surface area (Å²) in [6.07, 6.45) is 0.878. The number of aryl methyl sites for hydroxylation is 2. The van der Waals surface area contributed by atoms with Gasteiger partial charge in [0.25, 0.3) is 5.91 Å². The Morgan fingerprint density at radius 3 is 2.34 bits per heavy atom. The Morgan fingerprint density at radius 1 is 1.07 bits per heavy atom. The summed E-state index contributed by atoms with van der Waals surface area (Å²) in [5, 5.41) is 0.750. The van der Waals surface area contributed by atoms with Crippen LogP contribution in [0.1, 0.15) is 27.9 Å². The van der Waals surface area contributed by atoms with Crippen LogP contribution in [0.15, 0.2) is 36.4 Å². The second-order valence-electron chi connectivity index (χ2n) is 7.24. The van der Waals surface area contributed by atoms with Gasteiger partial charge in [-0.15, -0.1) is 12.4 Å². The minimum absolute atomic E-state index is 0. The fourth-order valence-corrected chi connectivity index (χ4v) is 4.07. The number of carbonyl (C=O) groups is 1. The number of anilines is 1. The highest BCUT2D eigenvalue weighted by molar-refractivity contribution is 7.22. The Kier molecular flexibility index (Phi) is 8.02. The third kappa shape index (κ3) is 5.47. The molecule has 7 heteroatoms. The number of hydrogen-bond donors (Lipinski definition) is 0. The molecule has 0 spiro atoms. The number of methoxy groups -OCH3 is 1. The molecule has 0 radical (unpaired) electrons. The number of benzene rings is 2. The van der Waals surface area contributed by atoms with Crippen molar-refractivity contribution >= 4 is 45.0 Å². The van der Waals surface area contributed by atoms with Crippen LogP contribution in [0, 0.1) is 13.8 Å². The predicted molar refractivity (Wildman–Crippen MR) is 124 cm³/mol. The van der Waals surface area contributed by atoms with Crippen LogP contribution in [0.25, 0.3) is 10.2 Å². The van der Waals surface area contributed by atoms with E-state index in [-0.39, 0.29) is 18.3 Å². The molecule has 0 aliphatic carbocycles. The van der Waals surface area contributed by atoms with Crippen LogP contribution in [0.4, 0.5) is 5.13 Å². The second kappa shape index (κ2) is 10.1. The molecule has 0 fully saturated rings. The van der Waals surface area contributed by atoms with Gasteiger partial charge < -0.3 is 9.64 Å². The van der Waals surface area contributed by atoms with Gasteiger partial charge in [0.05, 0.1) is 17.3 Å². The molecule has 1 amide bonds. The zero-order valence-corrected chi connectivity index (χ0v) is 19.2.